The number of hydrogen-bond acceptors (Lipinski definition) is 0. The second-order valence-electron chi connectivity index (χ2n) is 62.0. The highest BCUT2D eigenvalue weighted by Crippen LogP contribution is 2.75. The third-order valence-corrected chi connectivity index (χ3v) is 45.8. The Morgan fingerprint density at radius 1 is 0.162 bits per heavy atom. The SMILES string of the molecule is CC(C)C1C2C=CC(C(C)C)(C(C(C)C)C2)C1C(C)C.CC(C)C1C2C=CC(C1C(C)C)C(C(C)C)C2C(C)C.CC(C)C1C2C=CC(C1C(C)C)C(C(C)C)C2C(C)C.CC(C)C1C2CC(C(C)C)C(C(C)C)(C2)C1C(C)C.CC(C)C1C2CC(C(C)C)C(C(C)C)(C2)C1C(C)C.CC(C)C1C2CC(C1C(C)C)C(C(C)C)C2C(C)C.CC(C)C1C2CC(C1C(C)C)C(C(C)C)C2C(C)C. The number of allylic oxidation sites excluding steroid dienone is 6. The molecular weight excluding hydrogens is 1630 g/mol. The van der Waals surface area contributed by atoms with Gasteiger partial charge in [0.1, 0.15) is 0 Å². The zero-order valence-electron chi connectivity index (χ0n) is 103. The average Bonchev–Trinajstić information content (AvgIpc) is 0.790. The Hall–Kier alpha value is -0.780. The summed E-state index contributed by atoms with van der Waals surface area (Å²) in [4.78, 5) is 0. The molecule has 0 saturated heterocycles. The Morgan fingerprint density at radius 3 is 0.507 bits per heavy atom. The van der Waals surface area contributed by atoms with Crippen molar-refractivity contribution in [1.29, 1.82) is 0 Å². The van der Waals surface area contributed by atoms with Crippen molar-refractivity contribution in [2.75, 3.05) is 0 Å². The van der Waals surface area contributed by atoms with Gasteiger partial charge in [0.05, 0.1) is 0 Å². The summed E-state index contributed by atoms with van der Waals surface area (Å²) in [7, 11) is 0. The molecule has 0 nitrogen and oxygen atoms in total. The lowest BCUT2D eigenvalue weighted by Crippen LogP contribution is -2.57. The minimum atomic E-state index is 0.437. The number of fused-ring (bicyclic) bond motifs is 14. The van der Waals surface area contributed by atoms with Gasteiger partial charge in [0.2, 0.25) is 0 Å². The molecule has 17 aliphatic rings. The van der Waals surface area contributed by atoms with Crippen LogP contribution < -0.4 is 0 Å². The van der Waals surface area contributed by atoms with Gasteiger partial charge in [-0.2, -0.15) is 0 Å². The van der Waals surface area contributed by atoms with Gasteiger partial charge in [-0.3, -0.25) is 0 Å². The molecule has 0 aromatic heterocycles. The van der Waals surface area contributed by atoms with E-state index in [1.54, 1.807) is 0 Å². The highest BCUT2D eigenvalue weighted by Gasteiger charge is 2.69. The summed E-state index contributed by atoms with van der Waals surface area (Å²) >= 11 is 0. The van der Waals surface area contributed by atoms with Crippen molar-refractivity contribution < 1.29 is 0 Å². The lowest BCUT2D eigenvalue weighted by atomic mass is 9.41. The van der Waals surface area contributed by atoms with Gasteiger partial charge in [0.25, 0.3) is 0 Å². The van der Waals surface area contributed by atoms with Gasteiger partial charge in [-0.25, -0.2) is 0 Å². The summed E-state index contributed by atoms with van der Waals surface area (Å²) in [6.07, 6.45) is 26.3. The molecule has 0 radical (unpaired) electrons. The Kier molecular flexibility index (Phi) is 42.7. The van der Waals surface area contributed by atoms with Crippen molar-refractivity contribution in [1.82, 2.24) is 0 Å². The first-order valence-corrected chi connectivity index (χ1v) is 61.8. The molecular formula is C136H252. The molecule has 0 aromatic carbocycles. The predicted molar refractivity (Wildman–Crippen MR) is 608 cm³/mol. The highest BCUT2D eigenvalue weighted by molar-refractivity contribution is 5.24. The fourth-order valence-corrected chi connectivity index (χ4v) is 43.5. The molecule has 31 atom stereocenters. The van der Waals surface area contributed by atoms with Crippen molar-refractivity contribution in [3.63, 3.8) is 0 Å². The second-order valence-corrected chi connectivity index (χ2v) is 62.0. The fraction of sp³-hybridized carbons (Fsp3) is 0.956. The first-order valence-electron chi connectivity index (χ1n) is 61.8. The molecule has 0 heterocycles. The van der Waals surface area contributed by atoms with E-state index in [4.69, 9.17) is 0 Å². The average molecular weight is 1890 g/mol. The van der Waals surface area contributed by atoms with Crippen molar-refractivity contribution in [3.8, 4) is 0 Å². The van der Waals surface area contributed by atoms with Crippen LogP contribution in [0.15, 0.2) is 36.5 Å². The van der Waals surface area contributed by atoms with Gasteiger partial charge >= 0.3 is 0 Å². The molecule has 11 saturated carbocycles. The van der Waals surface area contributed by atoms with Crippen LogP contribution in [0.1, 0.15) is 433 Å². The molecule has 0 amide bonds. The van der Waals surface area contributed by atoms with E-state index < -0.39 is 0 Å². The first kappa shape index (κ1) is 120. The van der Waals surface area contributed by atoms with Gasteiger partial charge in [0.15, 0.2) is 0 Å². The summed E-state index contributed by atoms with van der Waals surface area (Å²) in [5.41, 5.74) is 1.72. The monoisotopic (exact) mass is 1890 g/mol. The van der Waals surface area contributed by atoms with Gasteiger partial charge in [-0.05, 0) is 440 Å². The summed E-state index contributed by atoms with van der Waals surface area (Å²) in [5, 5.41) is 0. The molecule has 0 heteroatoms. The summed E-state index contributed by atoms with van der Waals surface area (Å²) < 4.78 is 0. The smallest absolute Gasteiger partial charge is 0.00307 e. The van der Waals surface area contributed by atoms with E-state index in [0.717, 1.165) is 379 Å². The van der Waals surface area contributed by atoms with Crippen molar-refractivity contribution in [3.05, 3.63) is 36.5 Å². The molecule has 14 bridgehead atoms. The van der Waals surface area contributed by atoms with Gasteiger partial charge in [-0.15, -0.1) is 0 Å². The quantitative estimate of drug-likeness (QED) is 0.0685. The zero-order chi connectivity index (χ0) is 104. The molecule has 17 rings (SSSR count). The number of rotatable bonds is 28. The minimum absolute atomic E-state index is 0.437. The van der Waals surface area contributed by atoms with E-state index in [2.05, 4.69) is 424 Å². The van der Waals surface area contributed by atoms with Gasteiger partial charge < -0.3 is 0 Å². The maximum absolute atomic E-state index is 2.67. The van der Waals surface area contributed by atoms with E-state index in [1.165, 1.54) is 44.9 Å². The van der Waals surface area contributed by atoms with E-state index >= 15 is 0 Å². The van der Waals surface area contributed by atoms with Crippen molar-refractivity contribution >= 4 is 0 Å². The van der Waals surface area contributed by atoms with E-state index in [-0.39, 0.29) is 0 Å². The third-order valence-electron chi connectivity index (χ3n) is 45.8. The maximum atomic E-state index is 2.67. The molecule has 17 aliphatic carbocycles. The van der Waals surface area contributed by atoms with E-state index in [9.17, 15) is 0 Å². The predicted octanol–water partition coefficient (Wildman–Crippen LogP) is 41.0. The Labute approximate surface area is 858 Å². The highest BCUT2D eigenvalue weighted by atomic mass is 14.7. The van der Waals surface area contributed by atoms with Crippen molar-refractivity contribution in [2.24, 2.45) is 395 Å². The van der Waals surface area contributed by atoms with E-state index in [0.29, 0.717) is 16.2 Å². The molecule has 31 unspecified atom stereocenters. The standard InChI is InChI=1S/3C20H36.4C19H36/c1-12(2)17-11-16-9-10-20(17,15(7)8)19(14(5)6)18(16)13(3)4;2*1-11(2)17-15-9-10-16(18(17)12(3)4)20(14(7)8)19(15)13(5)6;2*1-11(2)16-9-15-10-19(16,14(7)8)18(13(5)6)17(15)12(3)4;2*1-10(2)16-14-9-15(17(16)11(3)4)19(13(7)8)18(14)12(5)6/h9-10,12-19H,11H2,1-8H3;2*9-20H,1-8H3;2*11-18H,9-10H2,1-8H3;2*10-19H,9H2,1-8H3. The fourth-order valence-electron chi connectivity index (χ4n) is 43.5. The summed E-state index contributed by atoms with van der Waals surface area (Å²) in [6, 6.07) is 0. The second kappa shape index (κ2) is 48.2. The molecule has 0 aromatic rings. The Bertz CT molecular complexity index is 3070. The number of hydrogen-bond donors (Lipinski definition) is 0. The van der Waals surface area contributed by atoms with Crippen LogP contribution in [-0.2, 0) is 0 Å². The van der Waals surface area contributed by atoms with Gasteiger partial charge in [-0.1, -0.05) is 424 Å². The molecule has 11 fully saturated rings. The topological polar surface area (TPSA) is 0 Å². The van der Waals surface area contributed by atoms with Crippen LogP contribution >= 0.6 is 0 Å². The minimum Gasteiger partial charge on any atom is -0.0845 e. The lowest BCUT2D eigenvalue weighted by Gasteiger charge is -2.63. The van der Waals surface area contributed by atoms with Crippen molar-refractivity contribution in [2.45, 2.75) is 433 Å². The molecule has 0 aliphatic heterocycles. The molecule has 0 spiro atoms. The van der Waals surface area contributed by atoms with Crippen LogP contribution in [0.3, 0.4) is 0 Å². The van der Waals surface area contributed by atoms with Gasteiger partial charge in [0, 0.05) is 0 Å². The first-order chi connectivity index (χ1) is 62.8. The van der Waals surface area contributed by atoms with Crippen LogP contribution in [0.25, 0.3) is 0 Å². The Morgan fingerprint density at radius 2 is 0.353 bits per heavy atom. The lowest BCUT2D eigenvalue weighted by molar-refractivity contribution is -0.104. The van der Waals surface area contributed by atoms with Crippen LogP contribution in [0.2, 0.25) is 0 Å². The normalized spacial score (nSPS) is 41.6. The third kappa shape index (κ3) is 22.9. The largest absolute Gasteiger partial charge is 0.0845 e. The summed E-state index contributed by atoms with van der Waals surface area (Å²) in [5.74, 6) is 57.3. The molecule has 0 N–H and O–H groups in total. The van der Waals surface area contributed by atoms with Crippen LogP contribution in [0.4, 0.5) is 0 Å². The zero-order valence-corrected chi connectivity index (χ0v) is 103. The summed E-state index contributed by atoms with van der Waals surface area (Å²) in [6.45, 7) is 138. The molecule has 796 valence electrons. The van der Waals surface area contributed by atoms with Crippen LogP contribution in [0, 0.1) is 395 Å². The van der Waals surface area contributed by atoms with E-state index in [1.807, 2.05) is 0 Å². The molecule has 136 heavy (non-hydrogen) atoms. The maximum Gasteiger partial charge on any atom is -0.00307 e. The Balaban J connectivity index is 0.000000195. The van der Waals surface area contributed by atoms with Crippen LogP contribution in [-0.4, -0.2) is 0 Å². The van der Waals surface area contributed by atoms with Crippen LogP contribution in [0.5, 0.6) is 0 Å².